The molecular weight excluding hydrogens is 257 g/mol. The Morgan fingerprint density at radius 2 is 2.00 bits per heavy atom. The first-order valence-corrected chi connectivity index (χ1v) is 7.24. The molecule has 1 fully saturated rings. The second-order valence-electron chi connectivity index (χ2n) is 5.34. The van der Waals surface area contributed by atoms with Gasteiger partial charge in [-0.2, -0.15) is 0 Å². The third-order valence-electron chi connectivity index (χ3n) is 4.03. The Balaban J connectivity index is 1.72. The van der Waals surface area contributed by atoms with Crippen molar-refractivity contribution in [2.24, 2.45) is 5.92 Å². The molecule has 110 valence electrons. The summed E-state index contributed by atoms with van der Waals surface area (Å²) in [4.78, 5) is 12.0. The maximum absolute atomic E-state index is 13.4. The molecular formula is C16H22FNO2. The second kappa shape index (κ2) is 7.39. The normalized spacial score (nSPS) is 22.5. The van der Waals surface area contributed by atoms with Gasteiger partial charge < -0.3 is 10.1 Å². The molecule has 0 aliphatic heterocycles. The number of halogens is 1. The number of hydrogen-bond donors (Lipinski definition) is 1. The van der Waals surface area contributed by atoms with E-state index in [1.807, 2.05) is 6.07 Å². The number of benzene rings is 1. The van der Waals surface area contributed by atoms with Crippen molar-refractivity contribution in [3.8, 4) is 0 Å². The predicted molar refractivity (Wildman–Crippen MR) is 75.9 cm³/mol. The highest BCUT2D eigenvalue weighted by Gasteiger charge is 2.25. The molecule has 0 aromatic heterocycles. The maximum Gasteiger partial charge on any atom is 0.223 e. The van der Waals surface area contributed by atoms with Crippen LogP contribution in [-0.4, -0.2) is 25.7 Å². The van der Waals surface area contributed by atoms with Crippen LogP contribution in [0.25, 0.3) is 0 Å². The van der Waals surface area contributed by atoms with Crippen molar-refractivity contribution in [1.29, 1.82) is 0 Å². The van der Waals surface area contributed by atoms with Crippen LogP contribution in [0, 0.1) is 11.7 Å². The van der Waals surface area contributed by atoms with Crippen LogP contribution < -0.4 is 5.32 Å². The number of hydrogen-bond acceptors (Lipinski definition) is 2. The highest BCUT2D eigenvalue weighted by molar-refractivity contribution is 5.78. The summed E-state index contributed by atoms with van der Waals surface area (Å²) in [7, 11) is 1.72. The van der Waals surface area contributed by atoms with Gasteiger partial charge in [0.05, 0.1) is 6.10 Å². The van der Waals surface area contributed by atoms with Gasteiger partial charge >= 0.3 is 0 Å². The summed E-state index contributed by atoms with van der Waals surface area (Å²) < 4.78 is 18.7. The van der Waals surface area contributed by atoms with Crippen molar-refractivity contribution in [3.05, 3.63) is 35.6 Å². The number of carbonyl (C=O) groups is 1. The Bertz CT molecular complexity index is 442. The molecule has 0 bridgehead atoms. The molecule has 1 aromatic carbocycles. The number of methoxy groups -OCH3 is 1. The lowest BCUT2D eigenvalue weighted by Gasteiger charge is -2.26. The standard InChI is InChI=1S/C16H22FNO2/c1-20-14-8-6-13(7-9-14)16(19)18-11-10-12-4-2-3-5-15(12)17/h2-5,13-14H,6-11H2,1H3,(H,18,19). The van der Waals surface area contributed by atoms with Crippen LogP contribution in [0.2, 0.25) is 0 Å². The molecule has 0 atom stereocenters. The van der Waals surface area contributed by atoms with Crippen molar-refractivity contribution in [1.82, 2.24) is 5.32 Å². The summed E-state index contributed by atoms with van der Waals surface area (Å²) in [6.45, 7) is 0.490. The molecule has 1 aliphatic carbocycles. The minimum Gasteiger partial charge on any atom is -0.381 e. The van der Waals surface area contributed by atoms with Crippen molar-refractivity contribution >= 4 is 5.91 Å². The Morgan fingerprint density at radius 3 is 2.65 bits per heavy atom. The Morgan fingerprint density at radius 1 is 1.30 bits per heavy atom. The van der Waals surface area contributed by atoms with Crippen molar-refractivity contribution in [2.75, 3.05) is 13.7 Å². The number of nitrogens with one attached hydrogen (secondary N) is 1. The van der Waals surface area contributed by atoms with Crippen molar-refractivity contribution in [3.63, 3.8) is 0 Å². The monoisotopic (exact) mass is 279 g/mol. The number of carbonyl (C=O) groups excluding carboxylic acids is 1. The van der Waals surface area contributed by atoms with Gasteiger partial charge in [0, 0.05) is 19.6 Å². The average Bonchev–Trinajstić information content (AvgIpc) is 2.49. The van der Waals surface area contributed by atoms with Gasteiger partial charge in [-0.3, -0.25) is 4.79 Å². The summed E-state index contributed by atoms with van der Waals surface area (Å²) >= 11 is 0. The molecule has 20 heavy (non-hydrogen) atoms. The summed E-state index contributed by atoms with van der Waals surface area (Å²) in [5.74, 6) is -0.0275. The van der Waals surface area contributed by atoms with Gasteiger partial charge in [-0.25, -0.2) is 4.39 Å². The molecule has 1 saturated carbocycles. The third kappa shape index (κ3) is 4.04. The first kappa shape index (κ1) is 15.0. The van der Waals surface area contributed by atoms with E-state index in [0.717, 1.165) is 25.7 Å². The first-order chi connectivity index (χ1) is 9.70. The van der Waals surface area contributed by atoms with Gasteiger partial charge in [-0.05, 0) is 43.7 Å². The van der Waals surface area contributed by atoms with Gasteiger partial charge in [0.2, 0.25) is 5.91 Å². The van der Waals surface area contributed by atoms with E-state index in [0.29, 0.717) is 24.6 Å². The highest BCUT2D eigenvalue weighted by atomic mass is 19.1. The molecule has 0 heterocycles. The van der Waals surface area contributed by atoms with Gasteiger partial charge in [-0.1, -0.05) is 18.2 Å². The fourth-order valence-electron chi connectivity index (χ4n) is 2.73. The zero-order valence-electron chi connectivity index (χ0n) is 11.9. The molecule has 0 saturated heterocycles. The zero-order chi connectivity index (χ0) is 14.4. The summed E-state index contributed by atoms with van der Waals surface area (Å²) in [6, 6.07) is 6.69. The Labute approximate surface area is 119 Å². The molecule has 0 radical (unpaired) electrons. The Kier molecular flexibility index (Phi) is 5.53. The lowest BCUT2D eigenvalue weighted by atomic mass is 9.87. The van der Waals surface area contributed by atoms with E-state index in [9.17, 15) is 9.18 Å². The first-order valence-electron chi connectivity index (χ1n) is 7.24. The molecule has 1 N–H and O–H groups in total. The van der Waals surface area contributed by atoms with Crippen molar-refractivity contribution in [2.45, 2.75) is 38.2 Å². The fraction of sp³-hybridized carbons (Fsp3) is 0.562. The smallest absolute Gasteiger partial charge is 0.223 e. The fourth-order valence-corrected chi connectivity index (χ4v) is 2.73. The van der Waals surface area contributed by atoms with Crippen LogP contribution in [0.3, 0.4) is 0 Å². The van der Waals surface area contributed by atoms with Gasteiger partial charge in [0.1, 0.15) is 5.82 Å². The number of amides is 1. The quantitative estimate of drug-likeness (QED) is 0.900. The molecule has 3 nitrogen and oxygen atoms in total. The van der Waals surface area contributed by atoms with Crippen LogP contribution >= 0.6 is 0 Å². The van der Waals surface area contributed by atoms with Crippen LogP contribution in [0.5, 0.6) is 0 Å². The lowest BCUT2D eigenvalue weighted by molar-refractivity contribution is -0.126. The lowest BCUT2D eigenvalue weighted by Crippen LogP contribution is -2.35. The van der Waals surface area contributed by atoms with Crippen molar-refractivity contribution < 1.29 is 13.9 Å². The van der Waals surface area contributed by atoms with Gasteiger partial charge in [0.25, 0.3) is 0 Å². The van der Waals surface area contributed by atoms with E-state index in [2.05, 4.69) is 5.32 Å². The zero-order valence-corrected chi connectivity index (χ0v) is 11.9. The number of rotatable bonds is 5. The van der Waals surface area contributed by atoms with Crippen LogP contribution in [0.15, 0.2) is 24.3 Å². The van der Waals surface area contributed by atoms with E-state index in [1.54, 1.807) is 19.2 Å². The van der Waals surface area contributed by atoms with E-state index < -0.39 is 0 Å². The third-order valence-corrected chi connectivity index (χ3v) is 4.03. The molecule has 4 heteroatoms. The van der Waals surface area contributed by atoms with Gasteiger partial charge in [-0.15, -0.1) is 0 Å². The van der Waals surface area contributed by atoms with Crippen LogP contribution in [0.4, 0.5) is 4.39 Å². The van der Waals surface area contributed by atoms with E-state index >= 15 is 0 Å². The van der Waals surface area contributed by atoms with E-state index in [4.69, 9.17) is 4.74 Å². The minimum atomic E-state index is -0.206. The number of ether oxygens (including phenoxy) is 1. The van der Waals surface area contributed by atoms with Crippen LogP contribution in [0.1, 0.15) is 31.2 Å². The Hall–Kier alpha value is -1.42. The van der Waals surface area contributed by atoms with E-state index in [-0.39, 0.29) is 17.6 Å². The van der Waals surface area contributed by atoms with E-state index in [1.165, 1.54) is 6.07 Å². The summed E-state index contributed by atoms with van der Waals surface area (Å²) in [5.41, 5.74) is 0.649. The highest BCUT2D eigenvalue weighted by Crippen LogP contribution is 2.25. The molecule has 1 aromatic rings. The summed E-state index contributed by atoms with van der Waals surface area (Å²) in [6.07, 6.45) is 4.49. The second-order valence-corrected chi connectivity index (χ2v) is 5.34. The molecule has 1 aliphatic rings. The van der Waals surface area contributed by atoms with Gasteiger partial charge in [0.15, 0.2) is 0 Å². The largest absolute Gasteiger partial charge is 0.381 e. The molecule has 1 amide bonds. The topological polar surface area (TPSA) is 38.3 Å². The molecule has 2 rings (SSSR count). The molecule has 0 unspecified atom stereocenters. The SMILES string of the molecule is COC1CCC(C(=O)NCCc2ccccc2F)CC1. The van der Waals surface area contributed by atoms with Crippen LogP contribution in [-0.2, 0) is 16.0 Å². The average molecular weight is 279 g/mol. The maximum atomic E-state index is 13.4. The molecule has 0 spiro atoms. The predicted octanol–water partition coefficient (Wildman–Crippen LogP) is 2.69. The summed E-state index contributed by atoms with van der Waals surface area (Å²) in [5, 5.41) is 2.91. The minimum absolute atomic E-state index is 0.0852.